The Hall–Kier alpha value is -3.82. The van der Waals surface area contributed by atoms with Crippen molar-refractivity contribution in [2.75, 3.05) is 24.2 Å². The van der Waals surface area contributed by atoms with E-state index in [1.165, 1.54) is 10.4 Å². The predicted molar refractivity (Wildman–Crippen MR) is 128 cm³/mol. The molecule has 0 unspecified atom stereocenters. The van der Waals surface area contributed by atoms with Crippen molar-refractivity contribution in [2.24, 2.45) is 0 Å². The zero-order chi connectivity index (χ0) is 24.8. The van der Waals surface area contributed by atoms with Crippen LogP contribution in [0, 0.1) is 24.1 Å². The number of sulfonamides is 1. The number of anilines is 2. The fourth-order valence-corrected chi connectivity index (χ4v) is 5.45. The highest BCUT2D eigenvalue weighted by Gasteiger charge is 2.49. The number of nitrogens with one attached hydrogen (secondary N) is 1. The van der Waals surface area contributed by atoms with Gasteiger partial charge in [-0.3, -0.25) is 4.68 Å². The minimum absolute atomic E-state index is 0.0111. The number of nitrogens with zero attached hydrogens (tertiary/aromatic N) is 7. The fraction of sp³-hybridized carbons (Fsp3) is 0.304. The maximum atomic E-state index is 14.3. The summed E-state index contributed by atoms with van der Waals surface area (Å²) in [5.41, 5.74) is 2.34. The summed E-state index contributed by atoms with van der Waals surface area (Å²) in [5.74, 6) is -0.141. The van der Waals surface area contributed by atoms with E-state index in [1.807, 2.05) is 19.1 Å². The molecule has 0 bridgehead atoms. The number of halogens is 1. The third-order valence-corrected chi connectivity index (χ3v) is 7.98. The molecule has 1 saturated heterocycles. The van der Waals surface area contributed by atoms with Gasteiger partial charge in [0.25, 0.3) is 0 Å². The van der Waals surface area contributed by atoms with E-state index in [0.29, 0.717) is 11.3 Å². The van der Waals surface area contributed by atoms with E-state index in [2.05, 4.69) is 26.6 Å². The number of hydrogen-bond acceptors (Lipinski definition) is 7. The van der Waals surface area contributed by atoms with Crippen LogP contribution in [0.3, 0.4) is 0 Å². The lowest BCUT2D eigenvalue weighted by Crippen LogP contribution is -2.64. The number of hydrogen-bond donors (Lipinski definition) is 1. The van der Waals surface area contributed by atoms with Crippen molar-refractivity contribution in [3.05, 3.63) is 60.2 Å². The first kappa shape index (κ1) is 22.9. The lowest BCUT2D eigenvalue weighted by Gasteiger charge is -2.47. The molecule has 1 fully saturated rings. The van der Waals surface area contributed by atoms with Gasteiger partial charge in [-0.25, -0.2) is 17.3 Å². The van der Waals surface area contributed by atoms with Gasteiger partial charge >= 0.3 is 0 Å². The van der Waals surface area contributed by atoms with E-state index in [0.717, 1.165) is 11.1 Å². The highest BCUT2D eigenvalue weighted by molar-refractivity contribution is 7.89. The topological polar surface area (TPSA) is 121 Å². The Balaban J connectivity index is 1.46. The van der Waals surface area contributed by atoms with E-state index in [4.69, 9.17) is 0 Å². The van der Waals surface area contributed by atoms with Crippen LogP contribution in [-0.2, 0) is 15.6 Å². The Labute approximate surface area is 201 Å². The summed E-state index contributed by atoms with van der Waals surface area (Å²) >= 11 is 0. The Bertz CT molecular complexity index is 1560. The molecular formula is C23H23FN8O2S. The second-order valence-corrected chi connectivity index (χ2v) is 10.9. The van der Waals surface area contributed by atoms with Crippen molar-refractivity contribution in [1.29, 1.82) is 5.26 Å². The number of aromatic nitrogens is 5. The smallest absolute Gasteiger partial charge is 0.247 e. The van der Waals surface area contributed by atoms with Gasteiger partial charge in [0.2, 0.25) is 16.0 Å². The number of aryl methyl sites for hydroxylation is 1. The van der Waals surface area contributed by atoms with Crippen molar-refractivity contribution in [2.45, 2.75) is 25.8 Å². The molecule has 1 aliphatic heterocycles. The second-order valence-electron chi connectivity index (χ2n) is 8.63. The standard InChI is InChI=1S/C23H23FN8O2S/c1-3-35(33,34)30-14-23(15-30,9-10-25)31-13-17(12-26-31)20-5-4-6-21-28-22(29-32(20)21)27-19-8-7-16(2)11-18(19)24/h4-8,11-13H,3,9,14-15H2,1-2H3,(H,27,29). The summed E-state index contributed by atoms with van der Waals surface area (Å²) in [7, 11) is -3.33. The van der Waals surface area contributed by atoms with Gasteiger partial charge in [0.15, 0.2) is 5.65 Å². The summed E-state index contributed by atoms with van der Waals surface area (Å²) in [6.07, 6.45) is 3.57. The molecule has 10 nitrogen and oxygen atoms in total. The molecule has 0 atom stereocenters. The van der Waals surface area contributed by atoms with Crippen LogP contribution in [0.5, 0.6) is 0 Å². The van der Waals surface area contributed by atoms with Crippen LogP contribution in [0.4, 0.5) is 16.0 Å². The van der Waals surface area contributed by atoms with Crippen LogP contribution >= 0.6 is 0 Å². The lowest BCUT2D eigenvalue weighted by atomic mass is 9.89. The van der Waals surface area contributed by atoms with Crippen LogP contribution in [0.25, 0.3) is 16.9 Å². The normalized spacial score (nSPS) is 15.6. The van der Waals surface area contributed by atoms with Crippen LogP contribution in [0.2, 0.25) is 0 Å². The van der Waals surface area contributed by atoms with E-state index >= 15 is 0 Å². The van der Waals surface area contributed by atoms with Crippen molar-refractivity contribution < 1.29 is 12.8 Å². The van der Waals surface area contributed by atoms with Gasteiger partial charge in [-0.2, -0.15) is 19.6 Å². The van der Waals surface area contributed by atoms with Crippen molar-refractivity contribution in [1.82, 2.24) is 28.7 Å². The third kappa shape index (κ3) is 4.02. The molecule has 3 aromatic heterocycles. The van der Waals surface area contributed by atoms with Gasteiger partial charge in [0.05, 0.1) is 35.8 Å². The summed E-state index contributed by atoms with van der Waals surface area (Å²) in [6, 6.07) is 12.5. The third-order valence-electron chi connectivity index (χ3n) is 6.20. The largest absolute Gasteiger partial charge is 0.320 e. The Morgan fingerprint density at radius 1 is 1.26 bits per heavy atom. The van der Waals surface area contributed by atoms with Crippen molar-refractivity contribution >= 4 is 27.3 Å². The monoisotopic (exact) mass is 494 g/mol. The molecule has 0 saturated carbocycles. The van der Waals surface area contributed by atoms with Crippen LogP contribution in [0.15, 0.2) is 48.8 Å². The molecule has 0 radical (unpaired) electrons. The molecular weight excluding hydrogens is 471 g/mol. The Morgan fingerprint density at radius 2 is 2.06 bits per heavy atom. The fourth-order valence-electron chi connectivity index (χ4n) is 4.21. The summed E-state index contributed by atoms with van der Waals surface area (Å²) in [6.45, 7) is 3.80. The first-order valence-corrected chi connectivity index (χ1v) is 12.6. The van der Waals surface area contributed by atoms with Crippen LogP contribution < -0.4 is 5.32 Å². The highest BCUT2D eigenvalue weighted by Crippen LogP contribution is 2.35. The van der Waals surface area contributed by atoms with Crippen molar-refractivity contribution in [3.8, 4) is 17.3 Å². The van der Waals surface area contributed by atoms with E-state index in [1.54, 1.807) is 46.7 Å². The Morgan fingerprint density at radius 3 is 2.77 bits per heavy atom. The number of benzene rings is 1. The predicted octanol–water partition coefficient (Wildman–Crippen LogP) is 3.06. The number of nitriles is 1. The van der Waals surface area contributed by atoms with E-state index in [9.17, 15) is 18.1 Å². The maximum Gasteiger partial charge on any atom is 0.247 e. The summed E-state index contributed by atoms with van der Waals surface area (Å²) in [5, 5.41) is 21.3. The molecule has 1 aromatic carbocycles. The quantitative estimate of drug-likeness (QED) is 0.419. The van der Waals surface area contributed by atoms with Gasteiger partial charge in [0.1, 0.15) is 11.4 Å². The SMILES string of the molecule is CCS(=O)(=O)N1CC(CC#N)(n2cc(-c3cccc4nc(Nc5ccc(C)cc5F)nn34)cn2)C1. The number of pyridine rings is 1. The van der Waals surface area contributed by atoms with E-state index < -0.39 is 21.4 Å². The molecule has 0 amide bonds. The average Bonchev–Trinajstić information content (AvgIpc) is 3.45. The summed E-state index contributed by atoms with van der Waals surface area (Å²) < 4.78 is 43.4. The highest BCUT2D eigenvalue weighted by atomic mass is 32.2. The van der Waals surface area contributed by atoms with Crippen molar-refractivity contribution in [3.63, 3.8) is 0 Å². The minimum atomic E-state index is -3.33. The van der Waals surface area contributed by atoms with Crippen LogP contribution in [0.1, 0.15) is 18.9 Å². The first-order chi connectivity index (χ1) is 16.7. The van der Waals surface area contributed by atoms with Gasteiger partial charge in [0, 0.05) is 24.8 Å². The summed E-state index contributed by atoms with van der Waals surface area (Å²) in [4.78, 5) is 4.45. The zero-order valence-electron chi connectivity index (χ0n) is 19.2. The molecule has 180 valence electrons. The molecule has 0 aliphatic carbocycles. The molecule has 0 spiro atoms. The van der Waals surface area contributed by atoms with Gasteiger partial charge in [-0.05, 0) is 43.7 Å². The minimum Gasteiger partial charge on any atom is -0.320 e. The zero-order valence-corrected chi connectivity index (χ0v) is 20.0. The second kappa shape index (κ2) is 8.44. The van der Waals surface area contributed by atoms with E-state index in [-0.39, 0.29) is 36.9 Å². The number of rotatable bonds is 7. The van der Waals surface area contributed by atoms with Crippen LogP contribution in [-0.4, -0.2) is 55.9 Å². The lowest BCUT2D eigenvalue weighted by molar-refractivity contribution is 0.0719. The first-order valence-electron chi connectivity index (χ1n) is 11.0. The molecule has 5 rings (SSSR count). The molecule has 35 heavy (non-hydrogen) atoms. The molecule has 1 N–H and O–H groups in total. The van der Waals surface area contributed by atoms with Gasteiger partial charge in [-0.15, -0.1) is 5.10 Å². The maximum absolute atomic E-state index is 14.3. The molecule has 4 heterocycles. The molecule has 12 heteroatoms. The molecule has 4 aromatic rings. The Kier molecular flexibility index (Phi) is 5.53. The average molecular weight is 495 g/mol. The van der Waals surface area contributed by atoms with Gasteiger partial charge < -0.3 is 5.32 Å². The van der Waals surface area contributed by atoms with Gasteiger partial charge in [-0.1, -0.05) is 12.1 Å². The number of fused-ring (bicyclic) bond motifs is 1. The molecule has 1 aliphatic rings.